The van der Waals surface area contributed by atoms with E-state index in [2.05, 4.69) is 15.1 Å². The zero-order chi connectivity index (χ0) is 21.8. The fourth-order valence-electron chi connectivity index (χ4n) is 4.55. The van der Waals surface area contributed by atoms with Gasteiger partial charge in [0.05, 0.1) is 36.6 Å². The maximum absolute atomic E-state index is 14.1. The summed E-state index contributed by atoms with van der Waals surface area (Å²) >= 11 is 0. The highest BCUT2D eigenvalue weighted by Crippen LogP contribution is 2.43. The van der Waals surface area contributed by atoms with E-state index in [0.717, 1.165) is 18.4 Å². The number of nitrogens with zero attached hydrogens (tertiary/aromatic N) is 5. The molecule has 1 amide bonds. The van der Waals surface area contributed by atoms with Crippen LogP contribution >= 0.6 is 0 Å². The van der Waals surface area contributed by atoms with Gasteiger partial charge in [-0.2, -0.15) is 4.98 Å². The van der Waals surface area contributed by atoms with Crippen LogP contribution in [-0.2, 0) is 9.53 Å². The third kappa shape index (κ3) is 2.94. The van der Waals surface area contributed by atoms with E-state index in [9.17, 15) is 9.18 Å². The van der Waals surface area contributed by atoms with E-state index in [-0.39, 0.29) is 17.9 Å². The number of rotatable bonds is 4. The largest absolute Gasteiger partial charge is 0.461 e. The first-order valence-corrected chi connectivity index (χ1v) is 10.5. The molecule has 0 bridgehead atoms. The molecule has 1 fully saturated rings. The van der Waals surface area contributed by atoms with Gasteiger partial charge in [-0.25, -0.2) is 4.39 Å². The van der Waals surface area contributed by atoms with E-state index in [4.69, 9.17) is 13.7 Å². The van der Waals surface area contributed by atoms with Crippen molar-refractivity contribution in [1.29, 1.82) is 0 Å². The SMILES string of the molecule is Cc1ccoc1-c1noc(C2N=CN3c4ccc(F)cc4N(CC4CCCO4)C(=O)C23)n1. The highest BCUT2D eigenvalue weighted by molar-refractivity contribution is 6.11. The van der Waals surface area contributed by atoms with Crippen LogP contribution < -0.4 is 9.80 Å². The molecule has 0 N–H and O–H groups in total. The Morgan fingerprint density at radius 3 is 2.94 bits per heavy atom. The quantitative estimate of drug-likeness (QED) is 0.618. The fraction of sp³-hybridized carbons (Fsp3) is 0.364. The third-order valence-electron chi connectivity index (χ3n) is 6.15. The molecule has 3 aromatic rings. The average molecular weight is 437 g/mol. The zero-order valence-corrected chi connectivity index (χ0v) is 17.3. The summed E-state index contributed by atoms with van der Waals surface area (Å²) in [6, 6.07) is 4.83. The maximum atomic E-state index is 14.1. The lowest BCUT2D eigenvalue weighted by Crippen LogP contribution is -2.54. The van der Waals surface area contributed by atoms with Gasteiger partial charge >= 0.3 is 0 Å². The van der Waals surface area contributed by atoms with Crippen molar-refractivity contribution in [2.75, 3.05) is 23.0 Å². The summed E-state index contributed by atoms with van der Waals surface area (Å²) in [7, 11) is 0. The maximum Gasteiger partial charge on any atom is 0.254 e. The Labute approximate surface area is 182 Å². The van der Waals surface area contributed by atoms with Gasteiger partial charge in [-0.1, -0.05) is 5.16 Å². The minimum absolute atomic E-state index is 0.0840. The molecule has 3 aliphatic rings. The summed E-state index contributed by atoms with van der Waals surface area (Å²) in [5.41, 5.74) is 2.08. The molecule has 32 heavy (non-hydrogen) atoms. The predicted molar refractivity (Wildman–Crippen MR) is 112 cm³/mol. The highest BCUT2D eigenvalue weighted by Gasteiger charge is 2.48. The topological polar surface area (TPSA) is 97.2 Å². The van der Waals surface area contributed by atoms with Crippen LogP contribution in [0.2, 0.25) is 0 Å². The van der Waals surface area contributed by atoms with E-state index in [1.807, 2.05) is 13.0 Å². The number of benzene rings is 1. The lowest BCUT2D eigenvalue weighted by atomic mass is 10.0. The smallest absolute Gasteiger partial charge is 0.254 e. The molecule has 164 valence electrons. The van der Waals surface area contributed by atoms with Gasteiger partial charge in [0.2, 0.25) is 5.82 Å². The molecule has 6 rings (SSSR count). The Hall–Kier alpha value is -3.53. The number of carbonyl (C=O) groups is 1. The number of fused-ring (bicyclic) bond motifs is 3. The van der Waals surface area contributed by atoms with Crippen LogP contribution in [0.5, 0.6) is 0 Å². The lowest BCUT2D eigenvalue weighted by Gasteiger charge is -2.39. The molecule has 3 atom stereocenters. The first-order chi connectivity index (χ1) is 15.6. The number of amides is 1. The van der Waals surface area contributed by atoms with E-state index in [1.165, 1.54) is 12.1 Å². The normalized spacial score (nSPS) is 24.3. The van der Waals surface area contributed by atoms with Crippen molar-refractivity contribution in [3.8, 4) is 11.6 Å². The first-order valence-electron chi connectivity index (χ1n) is 10.5. The molecule has 3 unspecified atom stereocenters. The van der Waals surface area contributed by atoms with Gasteiger partial charge in [0.25, 0.3) is 11.8 Å². The van der Waals surface area contributed by atoms with Crippen LogP contribution in [0.4, 0.5) is 15.8 Å². The number of ether oxygens (including phenoxy) is 1. The Bertz CT molecular complexity index is 1210. The van der Waals surface area contributed by atoms with Crippen LogP contribution in [0, 0.1) is 12.7 Å². The van der Waals surface area contributed by atoms with E-state index < -0.39 is 17.9 Å². The molecule has 0 saturated carbocycles. The number of hydrogen-bond acceptors (Lipinski definition) is 8. The van der Waals surface area contributed by atoms with Crippen molar-refractivity contribution in [1.82, 2.24) is 10.1 Å². The monoisotopic (exact) mass is 437 g/mol. The Morgan fingerprint density at radius 2 is 2.16 bits per heavy atom. The molecule has 0 radical (unpaired) electrons. The summed E-state index contributed by atoms with van der Waals surface area (Å²) in [5.74, 6) is 0.411. The average Bonchev–Trinajstić information content (AvgIpc) is 3.57. The van der Waals surface area contributed by atoms with Crippen LogP contribution in [0.3, 0.4) is 0 Å². The van der Waals surface area contributed by atoms with Gasteiger partial charge in [-0.15, -0.1) is 0 Å². The second kappa shape index (κ2) is 7.27. The Kier molecular flexibility index (Phi) is 4.35. The number of hydrogen-bond donors (Lipinski definition) is 0. The summed E-state index contributed by atoms with van der Waals surface area (Å²) in [4.78, 5) is 26.0. The second-order valence-electron chi connectivity index (χ2n) is 8.17. The van der Waals surface area contributed by atoms with Crippen LogP contribution in [0.15, 0.2) is 44.5 Å². The molecule has 0 aliphatic carbocycles. The molecule has 5 heterocycles. The Balaban J connectivity index is 1.37. The minimum atomic E-state index is -0.708. The molecular weight excluding hydrogens is 417 g/mol. The van der Waals surface area contributed by atoms with Gasteiger partial charge in [0, 0.05) is 6.61 Å². The lowest BCUT2D eigenvalue weighted by molar-refractivity contribution is -0.120. The van der Waals surface area contributed by atoms with Crippen LogP contribution in [0.25, 0.3) is 11.6 Å². The number of carbonyl (C=O) groups excluding carboxylic acids is 1. The summed E-state index contributed by atoms with van der Waals surface area (Å²) in [5, 5.41) is 4.02. The first kappa shape index (κ1) is 19.2. The number of furan rings is 1. The standard InChI is InChI=1S/C22H20FN5O4/c1-12-6-8-31-19(12)20-25-21(32-26-20)17-18-22(29)27(10-14-3-2-7-30-14)16-9-13(23)4-5-15(16)28(18)11-24-17/h4-6,8-9,11,14,17-18H,2-3,7,10H2,1H3. The fourth-order valence-corrected chi connectivity index (χ4v) is 4.55. The van der Waals surface area contributed by atoms with Gasteiger partial charge < -0.3 is 23.5 Å². The van der Waals surface area contributed by atoms with E-state index in [1.54, 1.807) is 28.5 Å². The van der Waals surface area contributed by atoms with Gasteiger partial charge in [0.15, 0.2) is 11.8 Å². The van der Waals surface area contributed by atoms with E-state index in [0.29, 0.717) is 36.1 Å². The van der Waals surface area contributed by atoms with Crippen LogP contribution in [0.1, 0.15) is 30.3 Å². The minimum Gasteiger partial charge on any atom is -0.461 e. The molecule has 0 spiro atoms. The third-order valence-corrected chi connectivity index (χ3v) is 6.15. The molecule has 1 saturated heterocycles. The summed E-state index contributed by atoms with van der Waals surface area (Å²) < 4.78 is 30.8. The second-order valence-corrected chi connectivity index (χ2v) is 8.17. The number of aromatic nitrogens is 2. The summed E-state index contributed by atoms with van der Waals surface area (Å²) in [6.07, 6.45) is 4.85. The van der Waals surface area contributed by atoms with Crippen molar-refractivity contribution < 1.29 is 22.9 Å². The van der Waals surface area contributed by atoms with Crippen LogP contribution in [-0.4, -0.2) is 47.7 Å². The zero-order valence-electron chi connectivity index (χ0n) is 17.3. The van der Waals surface area contributed by atoms with Gasteiger partial charge in [-0.05, 0) is 49.6 Å². The van der Waals surface area contributed by atoms with Crippen molar-refractivity contribution in [3.63, 3.8) is 0 Å². The molecule has 3 aliphatic heterocycles. The molecule has 1 aromatic carbocycles. The highest BCUT2D eigenvalue weighted by atomic mass is 19.1. The number of anilines is 2. The number of aliphatic imine (C=N–C) groups is 1. The van der Waals surface area contributed by atoms with E-state index >= 15 is 0 Å². The Morgan fingerprint density at radius 1 is 1.25 bits per heavy atom. The summed E-state index contributed by atoms with van der Waals surface area (Å²) in [6.45, 7) is 2.90. The van der Waals surface area contributed by atoms with Crippen molar-refractivity contribution >= 4 is 23.6 Å². The molecule has 10 heteroatoms. The number of aryl methyl sites for hydroxylation is 1. The molecule has 9 nitrogen and oxygen atoms in total. The van der Waals surface area contributed by atoms with Crippen molar-refractivity contribution in [2.24, 2.45) is 4.99 Å². The predicted octanol–water partition coefficient (Wildman–Crippen LogP) is 3.26. The van der Waals surface area contributed by atoms with Crippen molar-refractivity contribution in [2.45, 2.75) is 38.0 Å². The van der Waals surface area contributed by atoms with Crippen molar-refractivity contribution in [3.05, 3.63) is 47.8 Å². The van der Waals surface area contributed by atoms with Gasteiger partial charge in [0.1, 0.15) is 11.9 Å². The molecular formula is C22H20FN5O4. The molecule has 2 aromatic heterocycles. The van der Waals surface area contributed by atoms with Gasteiger partial charge in [-0.3, -0.25) is 9.79 Å². The number of halogens is 1.